The van der Waals surface area contributed by atoms with Crippen LogP contribution in [-0.4, -0.2) is 17.2 Å². The fourth-order valence-electron chi connectivity index (χ4n) is 2.25. The van der Waals surface area contributed by atoms with Gasteiger partial charge in [0.25, 0.3) is 0 Å². The van der Waals surface area contributed by atoms with Crippen molar-refractivity contribution in [3.63, 3.8) is 0 Å². The Morgan fingerprint density at radius 3 is 2.84 bits per heavy atom. The first-order chi connectivity index (χ1) is 9.20. The molecule has 1 N–H and O–H groups in total. The zero-order valence-corrected chi connectivity index (χ0v) is 11.7. The number of nitriles is 1. The minimum absolute atomic E-state index is 0.561. The van der Waals surface area contributed by atoms with Crippen LogP contribution in [0.5, 0.6) is 0 Å². The smallest absolute Gasteiger partial charge is 0.0992 e. The summed E-state index contributed by atoms with van der Waals surface area (Å²) in [7, 11) is 0. The highest BCUT2D eigenvalue weighted by Crippen LogP contribution is 2.18. The maximum Gasteiger partial charge on any atom is 0.0992 e. The lowest BCUT2D eigenvalue weighted by molar-refractivity contribution is 0.535. The van der Waals surface area contributed by atoms with Gasteiger partial charge in [-0.15, -0.1) is 0 Å². The first kappa shape index (κ1) is 13.6. The van der Waals surface area contributed by atoms with Gasteiger partial charge in [-0.3, -0.25) is 0 Å². The predicted octanol–water partition coefficient (Wildman–Crippen LogP) is 3.29. The van der Waals surface area contributed by atoms with Crippen LogP contribution in [0.25, 0.3) is 10.9 Å². The molecular weight excluding hydrogens is 234 g/mol. The van der Waals surface area contributed by atoms with Gasteiger partial charge in [0.15, 0.2) is 0 Å². The Morgan fingerprint density at radius 2 is 2.11 bits per heavy atom. The van der Waals surface area contributed by atoms with Gasteiger partial charge in [0.1, 0.15) is 0 Å². The molecule has 0 aliphatic carbocycles. The van der Waals surface area contributed by atoms with E-state index in [1.165, 1.54) is 11.8 Å². The highest BCUT2D eigenvalue weighted by atomic mass is 15.0. The average molecular weight is 255 g/mol. The maximum absolute atomic E-state index is 8.96. The molecule has 0 aliphatic rings. The van der Waals surface area contributed by atoms with Crippen molar-refractivity contribution >= 4 is 10.9 Å². The van der Waals surface area contributed by atoms with Crippen molar-refractivity contribution in [1.29, 1.82) is 5.26 Å². The molecule has 0 unspecified atom stereocenters. The van der Waals surface area contributed by atoms with Crippen molar-refractivity contribution in [2.45, 2.75) is 39.3 Å². The molecule has 2 rings (SSSR count). The summed E-state index contributed by atoms with van der Waals surface area (Å²) in [5, 5.41) is 13.6. The quantitative estimate of drug-likeness (QED) is 0.805. The van der Waals surface area contributed by atoms with Gasteiger partial charge in [-0.1, -0.05) is 19.9 Å². The summed E-state index contributed by atoms with van der Waals surface area (Å²) in [6.45, 7) is 6.42. The molecule has 3 nitrogen and oxygen atoms in total. The zero-order valence-electron chi connectivity index (χ0n) is 11.7. The molecule has 0 bridgehead atoms. The number of hydrogen-bond donors (Lipinski definition) is 1. The molecule has 0 spiro atoms. The van der Waals surface area contributed by atoms with E-state index in [2.05, 4.69) is 42.1 Å². The van der Waals surface area contributed by atoms with Gasteiger partial charge in [-0.2, -0.15) is 5.26 Å². The number of rotatable bonds is 6. The lowest BCUT2D eigenvalue weighted by atomic mass is 10.2. The molecule has 0 atom stereocenters. The highest BCUT2D eigenvalue weighted by molar-refractivity contribution is 5.81. The third kappa shape index (κ3) is 3.59. The van der Waals surface area contributed by atoms with Crippen molar-refractivity contribution in [2.24, 2.45) is 0 Å². The van der Waals surface area contributed by atoms with Crippen LogP contribution in [0.2, 0.25) is 0 Å². The Hall–Kier alpha value is -1.79. The Labute approximate surface area is 114 Å². The molecule has 0 amide bonds. The van der Waals surface area contributed by atoms with Gasteiger partial charge in [-0.25, -0.2) is 0 Å². The normalized spacial score (nSPS) is 11.1. The summed E-state index contributed by atoms with van der Waals surface area (Å²) in [5.41, 5.74) is 1.89. The van der Waals surface area contributed by atoms with Crippen LogP contribution in [0.4, 0.5) is 0 Å². The first-order valence-corrected chi connectivity index (χ1v) is 6.93. The fraction of sp³-hybridized carbons (Fsp3) is 0.438. The summed E-state index contributed by atoms with van der Waals surface area (Å²) >= 11 is 0. The van der Waals surface area contributed by atoms with Crippen LogP contribution < -0.4 is 5.32 Å². The third-order valence-corrected chi connectivity index (χ3v) is 3.28. The SMILES string of the molecule is CC(C)NCCCCn1ccc2ccc(C#N)cc21. The van der Waals surface area contributed by atoms with E-state index in [0.29, 0.717) is 6.04 Å². The minimum Gasteiger partial charge on any atom is -0.347 e. The Kier molecular flexibility index (Phi) is 4.59. The fourth-order valence-corrected chi connectivity index (χ4v) is 2.25. The summed E-state index contributed by atoms with van der Waals surface area (Å²) in [6, 6.07) is 10.7. The van der Waals surface area contributed by atoms with Crippen LogP contribution in [0.1, 0.15) is 32.3 Å². The molecule has 0 saturated carbocycles. The predicted molar refractivity (Wildman–Crippen MR) is 79.0 cm³/mol. The van der Waals surface area contributed by atoms with Crippen molar-refractivity contribution in [2.75, 3.05) is 6.54 Å². The number of nitrogens with zero attached hydrogens (tertiary/aromatic N) is 2. The second-order valence-electron chi connectivity index (χ2n) is 5.21. The van der Waals surface area contributed by atoms with E-state index in [-0.39, 0.29) is 0 Å². The van der Waals surface area contributed by atoms with E-state index in [0.717, 1.165) is 30.6 Å². The molecule has 0 aliphatic heterocycles. The van der Waals surface area contributed by atoms with Gasteiger partial charge in [0, 0.05) is 24.3 Å². The number of nitrogens with one attached hydrogen (secondary N) is 1. The van der Waals surface area contributed by atoms with Gasteiger partial charge in [0.05, 0.1) is 11.6 Å². The number of fused-ring (bicyclic) bond motifs is 1. The minimum atomic E-state index is 0.561. The lowest BCUT2D eigenvalue weighted by Gasteiger charge is -2.09. The van der Waals surface area contributed by atoms with Gasteiger partial charge in [0.2, 0.25) is 0 Å². The van der Waals surface area contributed by atoms with E-state index in [1.807, 2.05) is 18.2 Å². The monoisotopic (exact) mass is 255 g/mol. The van der Waals surface area contributed by atoms with Crippen molar-refractivity contribution in [1.82, 2.24) is 9.88 Å². The molecular formula is C16H21N3. The standard InChI is InChI=1S/C16H21N3/c1-13(2)18-8-3-4-9-19-10-7-15-6-5-14(12-17)11-16(15)19/h5-7,10-11,13,18H,3-4,8-9H2,1-2H3. The van der Waals surface area contributed by atoms with Crippen molar-refractivity contribution < 1.29 is 0 Å². The van der Waals surface area contributed by atoms with E-state index >= 15 is 0 Å². The molecule has 100 valence electrons. The summed E-state index contributed by atoms with van der Waals surface area (Å²) in [5.74, 6) is 0. The van der Waals surface area contributed by atoms with E-state index in [9.17, 15) is 0 Å². The van der Waals surface area contributed by atoms with Gasteiger partial charge < -0.3 is 9.88 Å². The molecule has 0 fully saturated rings. The van der Waals surface area contributed by atoms with Gasteiger partial charge >= 0.3 is 0 Å². The van der Waals surface area contributed by atoms with Crippen LogP contribution in [0.15, 0.2) is 30.5 Å². The number of aryl methyl sites for hydroxylation is 1. The van der Waals surface area contributed by atoms with E-state index < -0.39 is 0 Å². The number of benzene rings is 1. The van der Waals surface area contributed by atoms with E-state index in [4.69, 9.17) is 5.26 Å². The number of hydrogen-bond acceptors (Lipinski definition) is 2. The largest absolute Gasteiger partial charge is 0.347 e. The summed E-state index contributed by atoms with van der Waals surface area (Å²) in [4.78, 5) is 0. The number of aromatic nitrogens is 1. The van der Waals surface area contributed by atoms with Gasteiger partial charge in [-0.05, 0) is 43.0 Å². The maximum atomic E-state index is 8.96. The second-order valence-corrected chi connectivity index (χ2v) is 5.21. The molecule has 0 radical (unpaired) electrons. The van der Waals surface area contributed by atoms with Crippen molar-refractivity contribution in [3.05, 3.63) is 36.0 Å². The second kappa shape index (κ2) is 6.40. The molecule has 19 heavy (non-hydrogen) atoms. The summed E-state index contributed by atoms with van der Waals surface area (Å²) in [6.07, 6.45) is 4.44. The molecule has 1 heterocycles. The Bertz CT molecular complexity index is 575. The summed E-state index contributed by atoms with van der Waals surface area (Å²) < 4.78 is 2.24. The zero-order chi connectivity index (χ0) is 13.7. The van der Waals surface area contributed by atoms with Crippen LogP contribution in [0, 0.1) is 11.3 Å². The molecule has 3 heteroatoms. The average Bonchev–Trinajstić information content (AvgIpc) is 2.80. The van der Waals surface area contributed by atoms with E-state index in [1.54, 1.807) is 0 Å². The molecule has 1 aromatic carbocycles. The highest BCUT2D eigenvalue weighted by Gasteiger charge is 2.02. The van der Waals surface area contributed by atoms with Crippen molar-refractivity contribution in [3.8, 4) is 6.07 Å². The Morgan fingerprint density at radius 1 is 1.26 bits per heavy atom. The van der Waals surface area contributed by atoms with Crippen LogP contribution in [-0.2, 0) is 6.54 Å². The molecule has 1 aromatic heterocycles. The lowest BCUT2D eigenvalue weighted by Crippen LogP contribution is -2.23. The third-order valence-electron chi connectivity index (χ3n) is 3.28. The molecule has 2 aromatic rings. The van der Waals surface area contributed by atoms with Crippen LogP contribution >= 0.6 is 0 Å². The number of unbranched alkanes of at least 4 members (excludes halogenated alkanes) is 1. The molecule has 0 saturated heterocycles. The first-order valence-electron chi connectivity index (χ1n) is 6.93. The topological polar surface area (TPSA) is 40.8 Å². The Balaban J connectivity index is 1.95. The van der Waals surface area contributed by atoms with Crippen LogP contribution in [0.3, 0.4) is 0 Å².